The van der Waals surface area contributed by atoms with Crippen molar-refractivity contribution in [2.75, 3.05) is 6.54 Å². The van der Waals surface area contributed by atoms with Crippen molar-refractivity contribution in [2.45, 2.75) is 19.0 Å². The zero-order chi connectivity index (χ0) is 19.7. The molecule has 0 saturated carbocycles. The monoisotopic (exact) mass is 380 g/mol. The second-order valence-corrected chi connectivity index (χ2v) is 6.76. The Hall–Kier alpha value is -3.48. The normalized spacial score (nSPS) is 16.5. The number of para-hydroxylation sites is 1. The van der Waals surface area contributed by atoms with Gasteiger partial charge >= 0.3 is 5.63 Å². The molecule has 28 heavy (non-hydrogen) atoms. The highest BCUT2D eigenvalue weighted by Crippen LogP contribution is 2.17. The van der Waals surface area contributed by atoms with E-state index in [9.17, 15) is 18.8 Å². The summed E-state index contributed by atoms with van der Waals surface area (Å²) in [5.41, 5.74) is 0.253. The summed E-state index contributed by atoms with van der Waals surface area (Å²) in [5, 5.41) is 3.36. The first-order valence-electron chi connectivity index (χ1n) is 8.85. The van der Waals surface area contributed by atoms with Gasteiger partial charge in [0.15, 0.2) is 0 Å². The van der Waals surface area contributed by atoms with Gasteiger partial charge < -0.3 is 14.6 Å². The first kappa shape index (κ1) is 17.9. The van der Waals surface area contributed by atoms with Crippen molar-refractivity contribution >= 4 is 22.8 Å². The zero-order valence-electron chi connectivity index (χ0n) is 14.9. The fourth-order valence-electron chi connectivity index (χ4n) is 3.36. The van der Waals surface area contributed by atoms with E-state index in [1.165, 1.54) is 18.2 Å². The maximum atomic E-state index is 13.3. The Bertz CT molecular complexity index is 1120. The van der Waals surface area contributed by atoms with Gasteiger partial charge in [0.05, 0.1) is 6.04 Å². The number of nitrogens with zero attached hydrogens (tertiary/aromatic N) is 1. The standard InChI is InChI=1S/C21H17FN2O4/c22-15-6-3-4-13(8-15)11-24-12-16(10-19(24)25)23-20(26)17-9-14-5-1-2-7-18(14)28-21(17)27/h1-9,16H,10-12H2,(H,23,26)/t16-/m1/s1. The molecule has 7 heteroatoms. The largest absolute Gasteiger partial charge is 0.422 e. The van der Waals surface area contributed by atoms with E-state index in [1.54, 1.807) is 41.3 Å². The van der Waals surface area contributed by atoms with Crippen LogP contribution in [0.25, 0.3) is 11.0 Å². The van der Waals surface area contributed by atoms with E-state index in [4.69, 9.17) is 4.42 Å². The topological polar surface area (TPSA) is 79.6 Å². The van der Waals surface area contributed by atoms with Crippen molar-refractivity contribution in [1.29, 1.82) is 0 Å². The number of rotatable bonds is 4. The summed E-state index contributed by atoms with van der Waals surface area (Å²) >= 11 is 0. The summed E-state index contributed by atoms with van der Waals surface area (Å²) in [4.78, 5) is 38.4. The highest BCUT2D eigenvalue weighted by atomic mass is 19.1. The van der Waals surface area contributed by atoms with E-state index in [2.05, 4.69) is 5.32 Å². The SMILES string of the molecule is O=C(N[C@@H]1CC(=O)N(Cc2cccc(F)c2)C1)c1cc2ccccc2oc1=O. The molecule has 0 unspecified atom stereocenters. The van der Waals surface area contributed by atoms with Crippen molar-refractivity contribution in [3.05, 3.63) is 82.0 Å². The van der Waals surface area contributed by atoms with Crippen LogP contribution in [0.5, 0.6) is 0 Å². The molecule has 6 nitrogen and oxygen atoms in total. The summed E-state index contributed by atoms with van der Waals surface area (Å²) in [5.74, 6) is -1.08. The molecule has 1 atom stereocenters. The number of benzene rings is 2. The number of nitrogens with one attached hydrogen (secondary N) is 1. The Balaban J connectivity index is 1.46. The fraction of sp³-hybridized carbons (Fsp3) is 0.190. The van der Waals surface area contributed by atoms with Crippen molar-refractivity contribution in [2.24, 2.45) is 0 Å². The van der Waals surface area contributed by atoms with Gasteiger partial charge in [-0.1, -0.05) is 30.3 Å². The quantitative estimate of drug-likeness (QED) is 0.705. The number of halogens is 1. The first-order chi connectivity index (χ1) is 13.5. The number of hydrogen-bond donors (Lipinski definition) is 1. The fourth-order valence-corrected chi connectivity index (χ4v) is 3.36. The number of likely N-dealkylation sites (tertiary alicyclic amines) is 1. The van der Waals surface area contributed by atoms with E-state index >= 15 is 0 Å². The second-order valence-electron chi connectivity index (χ2n) is 6.76. The molecule has 3 aromatic rings. The molecule has 1 aliphatic heterocycles. The summed E-state index contributed by atoms with van der Waals surface area (Å²) in [6.45, 7) is 0.557. The molecule has 0 bridgehead atoms. The lowest BCUT2D eigenvalue weighted by atomic mass is 10.1. The van der Waals surface area contributed by atoms with Crippen LogP contribution in [0.1, 0.15) is 22.3 Å². The molecule has 0 radical (unpaired) electrons. The van der Waals surface area contributed by atoms with E-state index in [-0.39, 0.29) is 30.3 Å². The number of hydrogen-bond acceptors (Lipinski definition) is 4. The summed E-state index contributed by atoms with van der Waals surface area (Å²) in [6, 6.07) is 14.0. The Morgan fingerprint density at radius 1 is 1.14 bits per heavy atom. The zero-order valence-corrected chi connectivity index (χ0v) is 14.9. The molecule has 4 rings (SSSR count). The van der Waals surface area contributed by atoms with Crippen molar-refractivity contribution in [3.8, 4) is 0 Å². The smallest absolute Gasteiger partial charge is 0.349 e. The number of amides is 2. The summed E-state index contributed by atoms with van der Waals surface area (Å²) in [6.07, 6.45) is 0.125. The lowest BCUT2D eigenvalue weighted by Crippen LogP contribution is -2.38. The van der Waals surface area contributed by atoms with Crippen molar-refractivity contribution in [1.82, 2.24) is 10.2 Å². The molecule has 1 aliphatic rings. The van der Waals surface area contributed by atoms with E-state index in [0.717, 1.165) is 0 Å². The number of carbonyl (C=O) groups excluding carboxylic acids is 2. The van der Waals surface area contributed by atoms with Gasteiger partial charge in [0.25, 0.3) is 5.91 Å². The third-order valence-corrected chi connectivity index (χ3v) is 4.70. The van der Waals surface area contributed by atoms with Gasteiger partial charge in [-0.15, -0.1) is 0 Å². The van der Waals surface area contributed by atoms with Crippen LogP contribution in [0.3, 0.4) is 0 Å². The summed E-state index contributed by atoms with van der Waals surface area (Å²) < 4.78 is 18.5. The highest BCUT2D eigenvalue weighted by molar-refractivity contribution is 5.97. The molecule has 2 aromatic carbocycles. The molecule has 0 spiro atoms. The van der Waals surface area contributed by atoms with Crippen molar-refractivity contribution < 1.29 is 18.4 Å². The van der Waals surface area contributed by atoms with Crippen LogP contribution in [0.4, 0.5) is 4.39 Å². The Morgan fingerprint density at radius 3 is 2.79 bits per heavy atom. The number of carbonyl (C=O) groups is 2. The molecule has 1 saturated heterocycles. The molecule has 142 valence electrons. The molecular weight excluding hydrogens is 363 g/mol. The molecule has 0 aliphatic carbocycles. The average molecular weight is 380 g/mol. The maximum Gasteiger partial charge on any atom is 0.349 e. The molecular formula is C21H17FN2O4. The van der Waals surface area contributed by atoms with Crippen LogP contribution < -0.4 is 10.9 Å². The van der Waals surface area contributed by atoms with Crippen molar-refractivity contribution in [3.63, 3.8) is 0 Å². The minimum atomic E-state index is -0.725. The number of fused-ring (bicyclic) bond motifs is 1. The third kappa shape index (κ3) is 3.64. The van der Waals surface area contributed by atoms with Gasteiger partial charge in [0, 0.05) is 24.9 Å². The Kier molecular flexibility index (Phi) is 4.65. The average Bonchev–Trinajstić information content (AvgIpc) is 3.00. The van der Waals surface area contributed by atoms with E-state index in [0.29, 0.717) is 23.1 Å². The van der Waals surface area contributed by atoms with Gasteiger partial charge in [-0.2, -0.15) is 0 Å². The predicted octanol–water partition coefficient (Wildman–Crippen LogP) is 2.46. The van der Waals surface area contributed by atoms with Gasteiger partial charge in [0.2, 0.25) is 5.91 Å². The molecule has 1 N–H and O–H groups in total. The summed E-state index contributed by atoms with van der Waals surface area (Å²) in [7, 11) is 0. The van der Waals surface area contributed by atoms with Gasteiger partial charge in [-0.3, -0.25) is 9.59 Å². The minimum Gasteiger partial charge on any atom is -0.422 e. The highest BCUT2D eigenvalue weighted by Gasteiger charge is 2.31. The van der Waals surface area contributed by atoms with Gasteiger partial charge in [0.1, 0.15) is 17.0 Å². The third-order valence-electron chi connectivity index (χ3n) is 4.70. The van der Waals surface area contributed by atoms with Crippen LogP contribution >= 0.6 is 0 Å². The molecule has 2 amide bonds. The minimum absolute atomic E-state index is 0.102. The first-order valence-corrected chi connectivity index (χ1v) is 8.85. The van der Waals surface area contributed by atoms with Crippen LogP contribution in [-0.4, -0.2) is 29.3 Å². The molecule has 2 heterocycles. The Morgan fingerprint density at radius 2 is 1.96 bits per heavy atom. The molecule has 1 aromatic heterocycles. The van der Waals surface area contributed by atoms with Crippen LogP contribution in [0.15, 0.2) is 63.8 Å². The van der Waals surface area contributed by atoms with Crippen LogP contribution in [0.2, 0.25) is 0 Å². The molecule has 1 fully saturated rings. The van der Waals surface area contributed by atoms with Gasteiger partial charge in [-0.05, 0) is 29.8 Å². The predicted molar refractivity (Wildman–Crippen MR) is 100 cm³/mol. The maximum absolute atomic E-state index is 13.3. The lowest BCUT2D eigenvalue weighted by Gasteiger charge is -2.17. The van der Waals surface area contributed by atoms with Crippen LogP contribution in [0, 0.1) is 5.82 Å². The Labute approximate surface area is 159 Å². The lowest BCUT2D eigenvalue weighted by molar-refractivity contribution is -0.128. The van der Waals surface area contributed by atoms with E-state index in [1.807, 2.05) is 0 Å². The van der Waals surface area contributed by atoms with E-state index < -0.39 is 17.6 Å². The van der Waals surface area contributed by atoms with Crippen LogP contribution in [-0.2, 0) is 11.3 Å². The van der Waals surface area contributed by atoms with Gasteiger partial charge in [-0.25, -0.2) is 9.18 Å². The second kappa shape index (κ2) is 7.26.